The van der Waals surface area contributed by atoms with E-state index in [1.165, 1.54) is 5.56 Å². The van der Waals surface area contributed by atoms with Crippen LogP contribution in [0.1, 0.15) is 37.3 Å². The third kappa shape index (κ3) is 3.30. The fourth-order valence-corrected chi connectivity index (χ4v) is 2.16. The van der Waals surface area contributed by atoms with Gasteiger partial charge in [-0.05, 0) is 29.5 Å². The molecule has 0 aliphatic rings. The van der Waals surface area contributed by atoms with Crippen molar-refractivity contribution in [1.29, 1.82) is 0 Å². The van der Waals surface area contributed by atoms with Crippen molar-refractivity contribution in [3.63, 3.8) is 0 Å². The summed E-state index contributed by atoms with van der Waals surface area (Å²) in [6.45, 7) is 4.71. The van der Waals surface area contributed by atoms with E-state index in [2.05, 4.69) is 24.9 Å². The summed E-state index contributed by atoms with van der Waals surface area (Å²) in [5.41, 5.74) is 7.66. The maximum absolute atomic E-state index is 6.01. The molecule has 2 rings (SSSR count). The first kappa shape index (κ1) is 14.8. The number of halogens is 1. The summed E-state index contributed by atoms with van der Waals surface area (Å²) in [5.74, 6) is 1.79. The van der Waals surface area contributed by atoms with Crippen LogP contribution in [0.3, 0.4) is 0 Å². The van der Waals surface area contributed by atoms with Crippen LogP contribution < -0.4 is 10.5 Å². The minimum absolute atomic E-state index is 0.366. The zero-order valence-corrected chi connectivity index (χ0v) is 12.5. The number of ether oxygens (including phenoxy) is 1. The van der Waals surface area contributed by atoms with E-state index in [0.717, 1.165) is 17.7 Å². The van der Waals surface area contributed by atoms with Gasteiger partial charge < -0.3 is 10.5 Å². The van der Waals surface area contributed by atoms with Gasteiger partial charge in [0, 0.05) is 18.8 Å². The summed E-state index contributed by atoms with van der Waals surface area (Å²) in [6.07, 6.45) is 2.63. The van der Waals surface area contributed by atoms with Crippen molar-refractivity contribution in [1.82, 2.24) is 4.98 Å². The molecule has 1 heterocycles. The molecule has 0 fully saturated rings. The second-order valence-corrected chi connectivity index (χ2v) is 5.17. The van der Waals surface area contributed by atoms with E-state index in [4.69, 9.17) is 22.1 Å². The summed E-state index contributed by atoms with van der Waals surface area (Å²) in [5, 5.41) is 0.565. The average Bonchev–Trinajstić information content (AvgIpc) is 2.49. The van der Waals surface area contributed by atoms with Crippen molar-refractivity contribution in [2.75, 3.05) is 0 Å². The van der Waals surface area contributed by atoms with Crippen molar-refractivity contribution >= 4 is 11.6 Å². The van der Waals surface area contributed by atoms with Crippen LogP contribution in [0.5, 0.6) is 11.6 Å². The predicted octanol–water partition coefficient (Wildman–Crippen LogP) is 4.50. The first-order chi connectivity index (χ1) is 9.65. The lowest BCUT2D eigenvalue weighted by molar-refractivity contribution is 0.451. The highest BCUT2D eigenvalue weighted by Crippen LogP contribution is 2.32. The van der Waals surface area contributed by atoms with Crippen LogP contribution in [0.2, 0.25) is 5.02 Å². The lowest BCUT2D eigenvalue weighted by atomic mass is 9.98. The number of rotatable bonds is 5. The molecule has 2 aromatic rings. The molecular formula is C16H19ClN2O. The second kappa shape index (κ2) is 6.73. The maximum Gasteiger partial charge on any atom is 0.219 e. The Labute approximate surface area is 124 Å². The van der Waals surface area contributed by atoms with E-state index in [0.29, 0.717) is 23.4 Å². The van der Waals surface area contributed by atoms with Crippen LogP contribution in [-0.2, 0) is 6.54 Å². The van der Waals surface area contributed by atoms with Crippen LogP contribution in [0.4, 0.5) is 0 Å². The number of nitrogens with zero attached hydrogens (tertiary/aromatic N) is 1. The lowest BCUT2D eigenvalue weighted by Crippen LogP contribution is -2.00. The van der Waals surface area contributed by atoms with Crippen LogP contribution in [0.15, 0.2) is 36.5 Å². The summed E-state index contributed by atoms with van der Waals surface area (Å²) in [7, 11) is 0. The van der Waals surface area contributed by atoms with Gasteiger partial charge in [0.05, 0.1) is 5.02 Å². The highest BCUT2D eigenvalue weighted by atomic mass is 35.5. The third-order valence-electron chi connectivity index (χ3n) is 3.41. The summed E-state index contributed by atoms with van der Waals surface area (Å²) < 4.78 is 5.90. The minimum Gasteiger partial charge on any atom is -0.439 e. The smallest absolute Gasteiger partial charge is 0.219 e. The Balaban J connectivity index is 2.30. The highest BCUT2D eigenvalue weighted by molar-refractivity contribution is 6.31. The van der Waals surface area contributed by atoms with Gasteiger partial charge in [-0.15, -0.1) is 0 Å². The molecule has 1 aromatic carbocycles. The quantitative estimate of drug-likeness (QED) is 0.882. The fourth-order valence-electron chi connectivity index (χ4n) is 1.98. The molecular weight excluding hydrogens is 272 g/mol. The SMILES string of the molecule is CCC(C)c1ccccc1Oc1cc(CN)c(Cl)cn1. The largest absolute Gasteiger partial charge is 0.439 e. The van der Waals surface area contributed by atoms with E-state index in [-0.39, 0.29) is 0 Å². The summed E-state index contributed by atoms with van der Waals surface area (Å²) >= 11 is 6.01. The van der Waals surface area contributed by atoms with Gasteiger partial charge in [-0.1, -0.05) is 43.6 Å². The van der Waals surface area contributed by atoms with E-state index in [9.17, 15) is 0 Å². The number of aromatic nitrogens is 1. The number of benzene rings is 1. The molecule has 0 bridgehead atoms. The van der Waals surface area contributed by atoms with E-state index >= 15 is 0 Å². The zero-order valence-electron chi connectivity index (χ0n) is 11.8. The average molecular weight is 291 g/mol. The molecule has 4 heteroatoms. The van der Waals surface area contributed by atoms with Crippen molar-refractivity contribution in [3.05, 3.63) is 52.7 Å². The Morgan fingerprint density at radius 2 is 2.10 bits per heavy atom. The van der Waals surface area contributed by atoms with Crippen LogP contribution in [-0.4, -0.2) is 4.98 Å². The monoisotopic (exact) mass is 290 g/mol. The van der Waals surface area contributed by atoms with Gasteiger partial charge in [0.25, 0.3) is 0 Å². The Morgan fingerprint density at radius 3 is 2.80 bits per heavy atom. The molecule has 1 aromatic heterocycles. The van der Waals surface area contributed by atoms with Crippen molar-refractivity contribution in [3.8, 4) is 11.6 Å². The molecule has 0 aliphatic heterocycles. The molecule has 1 unspecified atom stereocenters. The Hall–Kier alpha value is -1.58. The fraction of sp³-hybridized carbons (Fsp3) is 0.312. The molecule has 20 heavy (non-hydrogen) atoms. The number of hydrogen-bond donors (Lipinski definition) is 1. The van der Waals surface area contributed by atoms with Crippen molar-refractivity contribution in [2.24, 2.45) is 5.73 Å². The second-order valence-electron chi connectivity index (χ2n) is 4.77. The Kier molecular flexibility index (Phi) is 4.99. The first-order valence-electron chi connectivity index (χ1n) is 6.77. The highest BCUT2D eigenvalue weighted by Gasteiger charge is 2.11. The molecule has 0 aliphatic carbocycles. The number of hydrogen-bond acceptors (Lipinski definition) is 3. The molecule has 2 N–H and O–H groups in total. The van der Waals surface area contributed by atoms with Crippen LogP contribution in [0, 0.1) is 0 Å². The first-order valence-corrected chi connectivity index (χ1v) is 7.14. The molecule has 0 amide bonds. The van der Waals surface area contributed by atoms with E-state index in [1.54, 1.807) is 12.3 Å². The van der Waals surface area contributed by atoms with Gasteiger partial charge in [0.1, 0.15) is 5.75 Å². The van der Waals surface area contributed by atoms with Crippen LogP contribution in [0.25, 0.3) is 0 Å². The molecule has 3 nitrogen and oxygen atoms in total. The van der Waals surface area contributed by atoms with Gasteiger partial charge in [-0.3, -0.25) is 0 Å². The predicted molar refractivity (Wildman–Crippen MR) is 82.4 cm³/mol. The third-order valence-corrected chi connectivity index (χ3v) is 3.75. The van der Waals surface area contributed by atoms with Crippen molar-refractivity contribution < 1.29 is 4.74 Å². The minimum atomic E-state index is 0.366. The van der Waals surface area contributed by atoms with Gasteiger partial charge in [0.2, 0.25) is 5.88 Å². The van der Waals surface area contributed by atoms with E-state index < -0.39 is 0 Å². The number of nitrogens with two attached hydrogens (primary N) is 1. The zero-order chi connectivity index (χ0) is 14.5. The van der Waals surface area contributed by atoms with E-state index in [1.807, 2.05) is 18.2 Å². The maximum atomic E-state index is 6.01. The van der Waals surface area contributed by atoms with Gasteiger partial charge in [0.15, 0.2) is 0 Å². The lowest BCUT2D eigenvalue weighted by Gasteiger charge is -2.15. The standard InChI is InChI=1S/C16H19ClN2O/c1-3-11(2)13-6-4-5-7-15(13)20-16-8-12(9-18)14(17)10-19-16/h4-8,10-11H,3,9,18H2,1-2H3. The summed E-state index contributed by atoms with van der Waals surface area (Å²) in [4.78, 5) is 4.20. The summed E-state index contributed by atoms with van der Waals surface area (Å²) in [6, 6.07) is 9.81. The Bertz CT molecular complexity index is 586. The van der Waals surface area contributed by atoms with Crippen molar-refractivity contribution in [2.45, 2.75) is 32.7 Å². The normalized spacial score (nSPS) is 12.2. The Morgan fingerprint density at radius 1 is 1.35 bits per heavy atom. The van der Waals surface area contributed by atoms with Gasteiger partial charge in [-0.2, -0.15) is 0 Å². The number of pyridine rings is 1. The van der Waals surface area contributed by atoms with Gasteiger partial charge >= 0.3 is 0 Å². The van der Waals surface area contributed by atoms with Crippen LogP contribution >= 0.6 is 11.6 Å². The molecule has 106 valence electrons. The number of para-hydroxylation sites is 1. The molecule has 0 saturated carbocycles. The molecule has 0 saturated heterocycles. The molecule has 0 spiro atoms. The molecule has 1 atom stereocenters. The molecule has 0 radical (unpaired) electrons. The van der Waals surface area contributed by atoms with Gasteiger partial charge in [-0.25, -0.2) is 4.98 Å². The topological polar surface area (TPSA) is 48.1 Å².